The van der Waals surface area contributed by atoms with E-state index in [1.807, 2.05) is 7.05 Å². The molecule has 1 unspecified atom stereocenters. The van der Waals surface area contributed by atoms with Gasteiger partial charge in [-0.3, -0.25) is 4.79 Å². The van der Waals surface area contributed by atoms with Gasteiger partial charge in [0.25, 0.3) is 0 Å². The molecule has 0 bridgehead atoms. The zero-order chi connectivity index (χ0) is 13.9. The van der Waals surface area contributed by atoms with Crippen molar-refractivity contribution in [3.63, 3.8) is 0 Å². The summed E-state index contributed by atoms with van der Waals surface area (Å²) < 4.78 is 0. The van der Waals surface area contributed by atoms with Gasteiger partial charge in [-0.25, -0.2) is 0 Å². The van der Waals surface area contributed by atoms with Gasteiger partial charge in [-0.05, 0) is 50.3 Å². The third-order valence-corrected chi connectivity index (χ3v) is 4.75. The zero-order valence-corrected chi connectivity index (χ0v) is 12.3. The molecule has 1 aromatic carbocycles. The molecule has 0 radical (unpaired) electrons. The normalized spacial score (nSPS) is 22.9. The molecule has 1 aliphatic heterocycles. The second-order valence-corrected chi connectivity index (χ2v) is 6.11. The van der Waals surface area contributed by atoms with E-state index in [9.17, 15) is 4.79 Å². The van der Waals surface area contributed by atoms with E-state index in [0.717, 1.165) is 38.8 Å². The van der Waals surface area contributed by atoms with Crippen molar-refractivity contribution < 1.29 is 4.79 Å². The molecule has 1 heterocycles. The Kier molecular flexibility index (Phi) is 4.06. The van der Waals surface area contributed by atoms with E-state index in [1.165, 1.54) is 17.5 Å². The molecule has 108 valence electrons. The van der Waals surface area contributed by atoms with Crippen LogP contribution < -0.4 is 5.32 Å². The highest BCUT2D eigenvalue weighted by Gasteiger charge is 2.34. The monoisotopic (exact) mass is 272 g/mol. The second kappa shape index (κ2) is 5.96. The highest BCUT2D eigenvalue weighted by molar-refractivity contribution is 5.81. The van der Waals surface area contributed by atoms with Gasteiger partial charge in [-0.2, -0.15) is 0 Å². The summed E-state index contributed by atoms with van der Waals surface area (Å²) in [5.74, 6) is 0.547. The van der Waals surface area contributed by atoms with Crippen LogP contribution in [0.25, 0.3) is 0 Å². The van der Waals surface area contributed by atoms with Crippen molar-refractivity contribution in [2.75, 3.05) is 20.1 Å². The fourth-order valence-electron chi connectivity index (χ4n) is 3.71. The van der Waals surface area contributed by atoms with E-state index in [2.05, 4.69) is 34.5 Å². The van der Waals surface area contributed by atoms with E-state index in [0.29, 0.717) is 11.9 Å². The fraction of sp³-hybridized carbons (Fsp3) is 0.588. The summed E-state index contributed by atoms with van der Waals surface area (Å²) in [5, 5.41) is 3.24. The van der Waals surface area contributed by atoms with Gasteiger partial charge >= 0.3 is 0 Å². The number of carbonyl (C=O) groups excluding carboxylic acids is 1. The summed E-state index contributed by atoms with van der Waals surface area (Å²) in [6.45, 7) is 1.86. The first kappa shape index (κ1) is 13.6. The molecular weight excluding hydrogens is 248 g/mol. The van der Waals surface area contributed by atoms with Crippen LogP contribution in [0, 0.1) is 5.92 Å². The number of rotatable bonds is 3. The average molecular weight is 272 g/mol. The fourth-order valence-corrected chi connectivity index (χ4v) is 3.71. The average Bonchev–Trinajstić information content (AvgIpc) is 2.91. The number of piperidine rings is 1. The molecule has 3 rings (SSSR count). The van der Waals surface area contributed by atoms with Crippen LogP contribution in [0.15, 0.2) is 24.3 Å². The Balaban J connectivity index is 1.70. The predicted molar refractivity (Wildman–Crippen MR) is 80.6 cm³/mol. The van der Waals surface area contributed by atoms with Crippen molar-refractivity contribution in [2.45, 2.75) is 38.1 Å². The van der Waals surface area contributed by atoms with Gasteiger partial charge in [0.05, 0.1) is 0 Å². The summed E-state index contributed by atoms with van der Waals surface area (Å²) in [5.41, 5.74) is 2.74. The van der Waals surface area contributed by atoms with Gasteiger partial charge in [0, 0.05) is 25.0 Å². The molecule has 20 heavy (non-hydrogen) atoms. The maximum Gasteiger partial charge on any atom is 0.226 e. The molecule has 1 N–H and O–H groups in total. The van der Waals surface area contributed by atoms with Gasteiger partial charge in [-0.15, -0.1) is 0 Å². The summed E-state index contributed by atoms with van der Waals surface area (Å²) in [7, 11) is 1.97. The minimum Gasteiger partial charge on any atom is -0.338 e. The van der Waals surface area contributed by atoms with Gasteiger partial charge in [0.15, 0.2) is 0 Å². The smallest absolute Gasteiger partial charge is 0.226 e. The number of likely N-dealkylation sites (tertiary alicyclic amines) is 1. The van der Waals surface area contributed by atoms with Crippen LogP contribution in [0.5, 0.6) is 0 Å². The van der Waals surface area contributed by atoms with Crippen molar-refractivity contribution in [1.82, 2.24) is 10.2 Å². The Morgan fingerprint density at radius 3 is 2.60 bits per heavy atom. The number of nitrogens with zero attached hydrogens (tertiary/aromatic N) is 1. The lowest BCUT2D eigenvalue weighted by Crippen LogP contribution is -2.50. The molecule has 1 atom stereocenters. The second-order valence-electron chi connectivity index (χ2n) is 6.11. The summed E-state index contributed by atoms with van der Waals surface area (Å²) >= 11 is 0. The van der Waals surface area contributed by atoms with Crippen LogP contribution in [-0.4, -0.2) is 37.0 Å². The Bertz CT molecular complexity index is 459. The lowest BCUT2D eigenvalue weighted by atomic mass is 9.97. The number of likely N-dealkylation sites (N-methyl/N-ethyl adjacent to an activating group) is 1. The van der Waals surface area contributed by atoms with Crippen LogP contribution in [0.4, 0.5) is 0 Å². The van der Waals surface area contributed by atoms with Crippen molar-refractivity contribution >= 4 is 5.91 Å². The zero-order valence-electron chi connectivity index (χ0n) is 12.3. The van der Waals surface area contributed by atoms with Gasteiger partial charge < -0.3 is 10.2 Å². The van der Waals surface area contributed by atoms with Crippen LogP contribution in [0.1, 0.15) is 30.4 Å². The van der Waals surface area contributed by atoms with Gasteiger partial charge in [-0.1, -0.05) is 24.3 Å². The molecular formula is C17H24N2O. The van der Waals surface area contributed by atoms with Gasteiger partial charge in [0.2, 0.25) is 5.91 Å². The molecule has 2 aliphatic rings. The summed E-state index contributed by atoms with van der Waals surface area (Å²) in [6, 6.07) is 8.89. The highest BCUT2D eigenvalue weighted by atomic mass is 16.2. The van der Waals surface area contributed by atoms with Crippen molar-refractivity contribution in [3.8, 4) is 0 Å². The van der Waals surface area contributed by atoms with Crippen molar-refractivity contribution in [2.24, 2.45) is 5.92 Å². The van der Waals surface area contributed by atoms with E-state index in [4.69, 9.17) is 0 Å². The van der Waals surface area contributed by atoms with E-state index >= 15 is 0 Å². The van der Waals surface area contributed by atoms with Crippen LogP contribution >= 0.6 is 0 Å². The first-order valence-corrected chi connectivity index (χ1v) is 7.81. The standard InChI is InChI=1S/C17H24N2O/c1-18-12-16-8-4-5-9-19(16)17(20)15-10-13-6-2-3-7-14(13)11-15/h2-3,6-7,15-16,18H,4-5,8-12H2,1H3. The Labute approximate surface area is 121 Å². The number of carbonyl (C=O) groups is 1. The predicted octanol–water partition coefficient (Wildman–Crippen LogP) is 2.00. The molecule has 1 amide bonds. The number of nitrogens with one attached hydrogen (secondary N) is 1. The van der Waals surface area contributed by atoms with Crippen LogP contribution in [0.2, 0.25) is 0 Å². The SMILES string of the molecule is CNCC1CCCCN1C(=O)C1Cc2ccccc2C1. The maximum atomic E-state index is 12.9. The quantitative estimate of drug-likeness (QED) is 0.913. The Morgan fingerprint density at radius 2 is 1.95 bits per heavy atom. The molecule has 3 nitrogen and oxygen atoms in total. The summed E-state index contributed by atoms with van der Waals surface area (Å²) in [6.07, 6.45) is 5.41. The largest absolute Gasteiger partial charge is 0.338 e. The molecule has 1 aliphatic carbocycles. The number of amides is 1. The molecule has 1 aromatic rings. The van der Waals surface area contributed by atoms with Crippen molar-refractivity contribution in [3.05, 3.63) is 35.4 Å². The van der Waals surface area contributed by atoms with E-state index in [1.54, 1.807) is 0 Å². The first-order chi connectivity index (χ1) is 9.79. The van der Waals surface area contributed by atoms with Crippen LogP contribution in [-0.2, 0) is 17.6 Å². The number of fused-ring (bicyclic) bond motifs is 1. The van der Waals surface area contributed by atoms with Gasteiger partial charge in [0.1, 0.15) is 0 Å². The lowest BCUT2D eigenvalue weighted by molar-refractivity contribution is -0.138. The van der Waals surface area contributed by atoms with E-state index in [-0.39, 0.29) is 5.92 Å². The summed E-state index contributed by atoms with van der Waals surface area (Å²) in [4.78, 5) is 15.0. The molecule has 0 aromatic heterocycles. The van der Waals surface area contributed by atoms with Crippen molar-refractivity contribution in [1.29, 1.82) is 0 Å². The molecule has 3 heteroatoms. The number of hydrogen-bond acceptors (Lipinski definition) is 2. The van der Waals surface area contributed by atoms with E-state index < -0.39 is 0 Å². The molecule has 0 saturated carbocycles. The number of benzene rings is 1. The molecule has 1 fully saturated rings. The minimum atomic E-state index is 0.171. The highest BCUT2D eigenvalue weighted by Crippen LogP contribution is 2.29. The maximum absolute atomic E-state index is 12.9. The Morgan fingerprint density at radius 1 is 1.25 bits per heavy atom. The Hall–Kier alpha value is -1.35. The third kappa shape index (κ3) is 2.59. The first-order valence-electron chi connectivity index (χ1n) is 7.81. The molecule has 1 saturated heterocycles. The lowest BCUT2D eigenvalue weighted by Gasteiger charge is -2.37. The number of hydrogen-bond donors (Lipinski definition) is 1. The van der Waals surface area contributed by atoms with Crippen LogP contribution in [0.3, 0.4) is 0 Å². The minimum absolute atomic E-state index is 0.171. The molecule has 0 spiro atoms. The third-order valence-electron chi connectivity index (χ3n) is 4.75. The topological polar surface area (TPSA) is 32.3 Å².